The first kappa shape index (κ1) is 11.5. The van der Waals surface area contributed by atoms with Gasteiger partial charge in [-0.1, -0.05) is 0 Å². The Bertz CT molecular complexity index is 193. The van der Waals surface area contributed by atoms with Crippen LogP contribution in [0.3, 0.4) is 0 Å². The quantitative estimate of drug-likeness (QED) is 0.667. The van der Waals surface area contributed by atoms with Crippen LogP contribution in [0.2, 0.25) is 0 Å². The van der Waals surface area contributed by atoms with Gasteiger partial charge in [-0.15, -0.1) is 0 Å². The number of carbonyl (C=O) groups excluding carboxylic acids is 1. The lowest BCUT2D eigenvalue weighted by atomic mass is 10.3. The summed E-state index contributed by atoms with van der Waals surface area (Å²) in [5.74, 6) is -0.0308. The molecular weight excluding hydrogens is 180 g/mol. The molecule has 0 heterocycles. The number of hydrogen-bond donors (Lipinski definition) is 1. The minimum atomic E-state index is -0.346. The fourth-order valence-electron chi connectivity index (χ4n) is 1.30. The summed E-state index contributed by atoms with van der Waals surface area (Å²) in [6.07, 6.45) is 2.26. The largest absolute Gasteiger partial charge is 0.372 e. The van der Waals surface area contributed by atoms with E-state index in [2.05, 4.69) is 17.3 Å². The molecule has 1 saturated carbocycles. The maximum atomic E-state index is 11.3. The van der Waals surface area contributed by atoms with Gasteiger partial charge in [0.1, 0.15) is 6.10 Å². The van der Waals surface area contributed by atoms with Crippen LogP contribution in [-0.2, 0) is 9.53 Å². The van der Waals surface area contributed by atoms with Crippen LogP contribution in [0.5, 0.6) is 0 Å². The second kappa shape index (κ2) is 5.32. The maximum absolute atomic E-state index is 11.3. The van der Waals surface area contributed by atoms with E-state index in [-0.39, 0.29) is 12.0 Å². The van der Waals surface area contributed by atoms with Crippen LogP contribution in [0.4, 0.5) is 0 Å². The number of carbonyl (C=O) groups is 1. The van der Waals surface area contributed by atoms with E-state index in [1.165, 1.54) is 12.8 Å². The zero-order valence-electron chi connectivity index (χ0n) is 9.25. The first-order chi connectivity index (χ1) is 6.65. The van der Waals surface area contributed by atoms with Crippen molar-refractivity contribution >= 4 is 5.91 Å². The van der Waals surface area contributed by atoms with E-state index in [1.807, 2.05) is 0 Å². The normalized spacial score (nSPS) is 18.3. The van der Waals surface area contributed by atoms with Crippen LogP contribution in [-0.4, -0.2) is 50.2 Å². The highest BCUT2D eigenvalue weighted by Crippen LogP contribution is 2.24. The topological polar surface area (TPSA) is 41.6 Å². The molecule has 1 aliphatic carbocycles. The minimum absolute atomic E-state index is 0.0308. The van der Waals surface area contributed by atoms with Gasteiger partial charge in [0.25, 0.3) is 0 Å². The molecule has 0 spiro atoms. The van der Waals surface area contributed by atoms with Crippen LogP contribution >= 0.6 is 0 Å². The molecule has 4 heteroatoms. The monoisotopic (exact) mass is 200 g/mol. The van der Waals surface area contributed by atoms with Crippen molar-refractivity contribution in [2.45, 2.75) is 31.9 Å². The fraction of sp³-hybridized carbons (Fsp3) is 0.900. The third kappa shape index (κ3) is 3.64. The van der Waals surface area contributed by atoms with Gasteiger partial charge < -0.3 is 15.0 Å². The Labute approximate surface area is 85.6 Å². The Morgan fingerprint density at radius 1 is 1.64 bits per heavy atom. The zero-order chi connectivity index (χ0) is 10.6. The summed E-state index contributed by atoms with van der Waals surface area (Å²) in [7, 11) is 3.64. The molecule has 0 bridgehead atoms. The molecule has 0 aliphatic heterocycles. The van der Waals surface area contributed by atoms with E-state index < -0.39 is 0 Å². The number of hydrogen-bond acceptors (Lipinski definition) is 3. The van der Waals surface area contributed by atoms with Gasteiger partial charge in [-0.25, -0.2) is 0 Å². The number of methoxy groups -OCH3 is 1. The summed E-state index contributed by atoms with van der Waals surface area (Å²) in [6.45, 7) is 3.38. The van der Waals surface area contributed by atoms with E-state index in [0.717, 1.165) is 12.6 Å². The zero-order valence-corrected chi connectivity index (χ0v) is 9.25. The predicted octanol–water partition coefficient (Wildman–Crippen LogP) is 0.232. The smallest absolute Gasteiger partial charge is 0.248 e. The van der Waals surface area contributed by atoms with E-state index in [0.29, 0.717) is 6.54 Å². The Hall–Kier alpha value is -0.610. The molecule has 1 fully saturated rings. The van der Waals surface area contributed by atoms with Gasteiger partial charge in [-0.2, -0.15) is 0 Å². The molecule has 1 unspecified atom stereocenters. The molecule has 1 aliphatic rings. The number of nitrogens with zero attached hydrogens (tertiary/aromatic N) is 1. The van der Waals surface area contributed by atoms with Crippen LogP contribution in [0, 0.1) is 0 Å². The van der Waals surface area contributed by atoms with Gasteiger partial charge in [-0.05, 0) is 26.8 Å². The van der Waals surface area contributed by atoms with Gasteiger partial charge in [0, 0.05) is 26.2 Å². The van der Waals surface area contributed by atoms with Crippen LogP contribution in [0.1, 0.15) is 19.8 Å². The summed E-state index contributed by atoms with van der Waals surface area (Å²) >= 11 is 0. The molecule has 4 nitrogen and oxygen atoms in total. The molecule has 0 aromatic rings. The number of amides is 1. The van der Waals surface area contributed by atoms with Gasteiger partial charge in [-0.3, -0.25) is 4.79 Å². The van der Waals surface area contributed by atoms with E-state index in [9.17, 15) is 4.79 Å². The molecule has 1 N–H and O–H groups in total. The van der Waals surface area contributed by atoms with Gasteiger partial charge in [0.2, 0.25) is 5.91 Å². The second-order valence-electron chi connectivity index (χ2n) is 3.88. The highest BCUT2D eigenvalue weighted by atomic mass is 16.5. The summed E-state index contributed by atoms with van der Waals surface area (Å²) in [6, 6.07) is 0.756. The number of likely N-dealkylation sites (N-methyl/N-ethyl adjacent to an activating group) is 1. The predicted molar refractivity (Wildman–Crippen MR) is 55.1 cm³/mol. The molecule has 1 amide bonds. The highest BCUT2D eigenvalue weighted by molar-refractivity contribution is 5.80. The summed E-state index contributed by atoms with van der Waals surface area (Å²) in [5.41, 5.74) is 0. The van der Waals surface area contributed by atoms with Crippen molar-refractivity contribution < 1.29 is 9.53 Å². The van der Waals surface area contributed by atoms with Crippen molar-refractivity contribution in [1.29, 1.82) is 0 Å². The number of nitrogens with one attached hydrogen (secondary N) is 1. The Morgan fingerprint density at radius 2 is 2.29 bits per heavy atom. The third-order valence-corrected chi connectivity index (χ3v) is 2.66. The lowest BCUT2D eigenvalue weighted by molar-refractivity contribution is -0.130. The summed E-state index contributed by atoms with van der Waals surface area (Å²) in [5, 5.41) is 2.84. The lowest BCUT2D eigenvalue weighted by Crippen LogP contribution is -2.38. The SMILES string of the molecule is COC(C)C(=O)NCCN(C)C1CC1. The van der Waals surface area contributed by atoms with E-state index >= 15 is 0 Å². The lowest BCUT2D eigenvalue weighted by Gasteiger charge is -2.16. The van der Waals surface area contributed by atoms with Crippen LogP contribution in [0.15, 0.2) is 0 Å². The summed E-state index contributed by atoms with van der Waals surface area (Å²) < 4.78 is 4.90. The van der Waals surface area contributed by atoms with Crippen molar-refractivity contribution in [3.05, 3.63) is 0 Å². The second-order valence-corrected chi connectivity index (χ2v) is 3.88. The highest BCUT2D eigenvalue weighted by Gasteiger charge is 2.25. The molecule has 82 valence electrons. The van der Waals surface area contributed by atoms with Gasteiger partial charge >= 0.3 is 0 Å². The Balaban J connectivity index is 2.04. The Kier molecular flexibility index (Phi) is 4.35. The molecular formula is C10H20N2O2. The standard InChI is InChI=1S/C10H20N2O2/c1-8(14-3)10(13)11-6-7-12(2)9-4-5-9/h8-9H,4-7H2,1-3H3,(H,11,13). The van der Waals surface area contributed by atoms with Gasteiger partial charge in [0.15, 0.2) is 0 Å². The van der Waals surface area contributed by atoms with Crippen molar-refractivity contribution in [1.82, 2.24) is 10.2 Å². The molecule has 0 aromatic heterocycles. The molecule has 14 heavy (non-hydrogen) atoms. The molecule has 1 atom stereocenters. The minimum Gasteiger partial charge on any atom is -0.372 e. The van der Waals surface area contributed by atoms with Crippen molar-refractivity contribution in [2.24, 2.45) is 0 Å². The number of rotatable bonds is 6. The van der Waals surface area contributed by atoms with Crippen LogP contribution in [0.25, 0.3) is 0 Å². The maximum Gasteiger partial charge on any atom is 0.248 e. The summed E-state index contributed by atoms with van der Waals surface area (Å²) in [4.78, 5) is 13.6. The van der Waals surface area contributed by atoms with E-state index in [4.69, 9.17) is 4.74 Å². The first-order valence-corrected chi connectivity index (χ1v) is 5.16. The first-order valence-electron chi connectivity index (χ1n) is 5.16. The molecule has 0 saturated heterocycles. The molecule has 0 aromatic carbocycles. The fourth-order valence-corrected chi connectivity index (χ4v) is 1.30. The Morgan fingerprint density at radius 3 is 2.79 bits per heavy atom. The molecule has 1 rings (SSSR count). The number of ether oxygens (including phenoxy) is 1. The van der Waals surface area contributed by atoms with Crippen molar-refractivity contribution in [3.63, 3.8) is 0 Å². The average Bonchev–Trinajstić information content (AvgIpc) is 2.99. The van der Waals surface area contributed by atoms with Crippen molar-refractivity contribution in [3.8, 4) is 0 Å². The third-order valence-electron chi connectivity index (χ3n) is 2.66. The van der Waals surface area contributed by atoms with Crippen LogP contribution < -0.4 is 5.32 Å². The average molecular weight is 200 g/mol. The molecule has 0 radical (unpaired) electrons. The van der Waals surface area contributed by atoms with Crippen molar-refractivity contribution in [2.75, 3.05) is 27.2 Å². The van der Waals surface area contributed by atoms with Gasteiger partial charge in [0.05, 0.1) is 0 Å². The van der Waals surface area contributed by atoms with E-state index in [1.54, 1.807) is 14.0 Å².